The fourth-order valence-corrected chi connectivity index (χ4v) is 4.78. The number of carbonyl (C=O) groups is 2. The first-order valence-corrected chi connectivity index (χ1v) is 11.7. The molecule has 186 valence electrons. The third-order valence-electron chi connectivity index (χ3n) is 6.25. The first kappa shape index (κ1) is 24.5. The molecule has 0 unspecified atom stereocenters. The van der Waals surface area contributed by atoms with E-state index in [9.17, 15) is 14.7 Å². The molecule has 1 saturated carbocycles. The van der Waals surface area contributed by atoms with Crippen LogP contribution >= 0.6 is 0 Å². The van der Waals surface area contributed by atoms with E-state index in [0.29, 0.717) is 22.8 Å². The average molecular weight is 483 g/mol. The molecule has 4 rings (SSSR count). The van der Waals surface area contributed by atoms with E-state index in [-0.39, 0.29) is 26.4 Å². The molecule has 0 amide bonds. The second-order valence-corrected chi connectivity index (χ2v) is 8.71. The molecular weight excluding hydrogens is 452 g/mol. The molecule has 0 spiro atoms. The zero-order valence-electron chi connectivity index (χ0n) is 20.0. The fraction of sp³-hybridized carbons (Fsp3) is 0.423. The summed E-state index contributed by atoms with van der Waals surface area (Å²) in [6.07, 6.45) is -0.0269. The monoisotopic (exact) mass is 482 g/mol. The van der Waals surface area contributed by atoms with Gasteiger partial charge in [-0.3, -0.25) is 15.0 Å². The summed E-state index contributed by atoms with van der Waals surface area (Å²) in [7, 11) is 0. The van der Waals surface area contributed by atoms with Gasteiger partial charge in [-0.2, -0.15) is 5.10 Å². The maximum Gasteiger partial charge on any atom is 0.315 e. The van der Waals surface area contributed by atoms with Crippen LogP contribution in [0, 0.1) is 11.8 Å². The van der Waals surface area contributed by atoms with Crippen LogP contribution in [0.25, 0.3) is 0 Å². The van der Waals surface area contributed by atoms with Crippen LogP contribution in [-0.2, 0) is 19.1 Å². The molecule has 2 aromatic rings. The highest BCUT2D eigenvalue weighted by Crippen LogP contribution is 2.49. The van der Waals surface area contributed by atoms with Crippen LogP contribution in [0.15, 0.2) is 53.6 Å². The smallest absolute Gasteiger partial charge is 0.315 e. The van der Waals surface area contributed by atoms with Gasteiger partial charge in [-0.25, -0.2) is 0 Å². The third kappa shape index (κ3) is 5.09. The number of ether oxygens (including phenoxy) is 4. The van der Waals surface area contributed by atoms with Crippen molar-refractivity contribution >= 4 is 23.3 Å². The molecule has 35 heavy (non-hydrogen) atoms. The summed E-state index contributed by atoms with van der Waals surface area (Å²) in [6.45, 7) is 5.35. The number of esters is 2. The van der Waals surface area contributed by atoms with Gasteiger partial charge >= 0.3 is 11.9 Å². The van der Waals surface area contributed by atoms with Crippen molar-refractivity contribution in [3.63, 3.8) is 0 Å². The quantitative estimate of drug-likeness (QED) is 0.455. The molecule has 0 aromatic heterocycles. The Kier molecular flexibility index (Phi) is 7.25. The van der Waals surface area contributed by atoms with Crippen molar-refractivity contribution in [3.8, 4) is 11.5 Å². The number of hydrogen-bond donors (Lipinski definition) is 2. The number of para-hydroxylation sites is 1. The largest absolute Gasteiger partial charge is 0.466 e. The van der Waals surface area contributed by atoms with E-state index in [0.717, 1.165) is 5.69 Å². The van der Waals surface area contributed by atoms with Crippen LogP contribution < -0.4 is 14.9 Å². The van der Waals surface area contributed by atoms with Gasteiger partial charge in [0.2, 0.25) is 6.79 Å². The van der Waals surface area contributed by atoms with Crippen molar-refractivity contribution in [1.29, 1.82) is 0 Å². The standard InChI is InChI=1S/C26H30N2O7/c1-4-32-24(29)22-18(28-27-17-9-7-6-8-10-17)14-26(3,31)23(25(30)33-5-2)21(22)16-11-12-19-20(13-16)35-15-34-19/h6-13,21-23,27,31H,4-5,14-15H2,1-3H3/t21-,22+,23+,26-/m0/s1. The lowest BCUT2D eigenvalue weighted by atomic mass is 9.61. The zero-order chi connectivity index (χ0) is 25.0. The molecule has 0 saturated heterocycles. The zero-order valence-corrected chi connectivity index (χ0v) is 20.0. The number of nitrogens with one attached hydrogen (secondary N) is 1. The minimum atomic E-state index is -1.55. The van der Waals surface area contributed by atoms with Crippen LogP contribution in [0.5, 0.6) is 11.5 Å². The number of nitrogens with zero attached hydrogens (tertiary/aromatic N) is 1. The highest BCUT2D eigenvalue weighted by molar-refractivity contribution is 6.06. The van der Waals surface area contributed by atoms with Gasteiger partial charge in [-0.15, -0.1) is 0 Å². The Hall–Kier alpha value is -3.59. The molecule has 1 aliphatic carbocycles. The van der Waals surface area contributed by atoms with Gasteiger partial charge in [-0.1, -0.05) is 24.3 Å². The Labute approximate surface area is 204 Å². The van der Waals surface area contributed by atoms with E-state index in [1.54, 1.807) is 39.0 Å². The second-order valence-electron chi connectivity index (χ2n) is 8.71. The Morgan fingerprint density at radius 2 is 1.74 bits per heavy atom. The van der Waals surface area contributed by atoms with E-state index in [2.05, 4.69) is 10.5 Å². The molecule has 0 bridgehead atoms. The number of hydrogen-bond acceptors (Lipinski definition) is 9. The minimum absolute atomic E-state index is 0.0269. The van der Waals surface area contributed by atoms with Crippen molar-refractivity contribution < 1.29 is 33.6 Å². The van der Waals surface area contributed by atoms with Crippen LogP contribution in [0.1, 0.15) is 38.7 Å². The highest BCUT2D eigenvalue weighted by Gasteiger charge is 2.56. The molecule has 1 fully saturated rings. The van der Waals surface area contributed by atoms with Gasteiger partial charge in [0, 0.05) is 12.3 Å². The number of rotatable bonds is 7. The van der Waals surface area contributed by atoms with Crippen molar-refractivity contribution in [2.75, 3.05) is 25.4 Å². The summed E-state index contributed by atoms with van der Waals surface area (Å²) in [5.74, 6) is -2.87. The maximum atomic E-state index is 13.4. The minimum Gasteiger partial charge on any atom is -0.466 e. The molecule has 9 heteroatoms. The first-order valence-electron chi connectivity index (χ1n) is 11.7. The number of carbonyl (C=O) groups excluding carboxylic acids is 2. The summed E-state index contributed by atoms with van der Waals surface area (Å²) in [5.41, 5.74) is 3.12. The average Bonchev–Trinajstić information content (AvgIpc) is 3.30. The van der Waals surface area contributed by atoms with Crippen molar-refractivity contribution in [2.45, 2.75) is 38.7 Å². The van der Waals surface area contributed by atoms with E-state index in [1.165, 1.54) is 0 Å². The number of benzene rings is 2. The van der Waals surface area contributed by atoms with E-state index in [4.69, 9.17) is 18.9 Å². The summed E-state index contributed by atoms with van der Waals surface area (Å²) in [5, 5.41) is 16.1. The maximum absolute atomic E-state index is 13.4. The van der Waals surface area contributed by atoms with Crippen molar-refractivity contribution in [1.82, 2.24) is 0 Å². The van der Waals surface area contributed by atoms with Gasteiger partial charge in [0.15, 0.2) is 11.5 Å². The second kappa shape index (κ2) is 10.4. The predicted octanol–water partition coefficient (Wildman–Crippen LogP) is 3.48. The summed E-state index contributed by atoms with van der Waals surface area (Å²) in [6, 6.07) is 14.5. The highest BCUT2D eigenvalue weighted by atomic mass is 16.7. The van der Waals surface area contributed by atoms with Crippen LogP contribution in [0.4, 0.5) is 5.69 Å². The van der Waals surface area contributed by atoms with Gasteiger partial charge in [-0.05, 0) is 50.6 Å². The molecule has 2 aromatic carbocycles. The molecular formula is C26H30N2O7. The van der Waals surface area contributed by atoms with Crippen LogP contribution in [-0.4, -0.2) is 48.4 Å². The van der Waals surface area contributed by atoms with Gasteiger partial charge in [0.25, 0.3) is 0 Å². The van der Waals surface area contributed by atoms with E-state index < -0.39 is 35.3 Å². The SMILES string of the molecule is CCOC(=O)[C@@H]1C(=NNc2ccccc2)C[C@](C)(O)[C@@H](C(=O)OCC)[C@H]1c1ccc2c(c1)OCO2. The normalized spacial score (nSPS) is 26.3. The lowest BCUT2D eigenvalue weighted by Crippen LogP contribution is -2.55. The van der Waals surface area contributed by atoms with E-state index >= 15 is 0 Å². The molecule has 9 nitrogen and oxygen atoms in total. The molecule has 1 heterocycles. The van der Waals surface area contributed by atoms with E-state index in [1.807, 2.05) is 30.3 Å². The van der Waals surface area contributed by atoms with Gasteiger partial charge in [0.05, 0.1) is 36.1 Å². The van der Waals surface area contributed by atoms with Crippen LogP contribution in [0.2, 0.25) is 0 Å². The fourth-order valence-electron chi connectivity index (χ4n) is 4.78. The first-order chi connectivity index (χ1) is 16.9. The molecule has 2 aliphatic rings. The number of anilines is 1. The van der Waals surface area contributed by atoms with Crippen molar-refractivity contribution in [3.05, 3.63) is 54.1 Å². The van der Waals surface area contributed by atoms with Crippen LogP contribution in [0.3, 0.4) is 0 Å². The van der Waals surface area contributed by atoms with Gasteiger partial charge < -0.3 is 24.1 Å². The van der Waals surface area contributed by atoms with Gasteiger partial charge in [0.1, 0.15) is 5.92 Å². The Morgan fingerprint density at radius 1 is 1.06 bits per heavy atom. The number of fused-ring (bicyclic) bond motifs is 1. The van der Waals surface area contributed by atoms with Crippen molar-refractivity contribution in [2.24, 2.45) is 16.9 Å². The molecule has 4 atom stereocenters. The Balaban J connectivity index is 1.84. The Bertz CT molecular complexity index is 1100. The predicted molar refractivity (Wildman–Crippen MR) is 128 cm³/mol. The number of hydrazone groups is 1. The lowest BCUT2D eigenvalue weighted by molar-refractivity contribution is -0.163. The number of aliphatic hydroxyl groups is 1. The summed E-state index contributed by atoms with van der Waals surface area (Å²) < 4.78 is 21.7. The summed E-state index contributed by atoms with van der Waals surface area (Å²) >= 11 is 0. The third-order valence-corrected chi connectivity index (χ3v) is 6.25. The molecule has 1 aliphatic heterocycles. The summed E-state index contributed by atoms with van der Waals surface area (Å²) in [4.78, 5) is 26.6. The lowest BCUT2D eigenvalue weighted by Gasteiger charge is -2.45. The Morgan fingerprint density at radius 3 is 2.46 bits per heavy atom. The molecule has 2 N–H and O–H groups in total. The molecule has 0 radical (unpaired) electrons. The topological polar surface area (TPSA) is 116 Å².